The van der Waals surface area contributed by atoms with Gasteiger partial charge < -0.3 is 5.73 Å². The van der Waals surface area contributed by atoms with Gasteiger partial charge in [0.05, 0.1) is 0 Å². The molecule has 0 fully saturated rings. The molecule has 1 rings (SSSR count). The van der Waals surface area contributed by atoms with E-state index < -0.39 is 10.0 Å². The normalized spacial score (nSPS) is 11.9. The fraction of sp³-hybridized carbons (Fsp3) is 0.444. The molecule has 0 spiro atoms. The molecule has 0 unspecified atom stereocenters. The lowest BCUT2D eigenvalue weighted by molar-refractivity contribution is 0.468. The predicted octanol–water partition coefficient (Wildman–Crippen LogP) is 0.694. The van der Waals surface area contributed by atoms with Crippen molar-refractivity contribution in [3.8, 4) is 0 Å². The predicted molar refractivity (Wildman–Crippen MR) is 58.8 cm³/mol. The average molecular weight is 229 g/mol. The van der Waals surface area contributed by atoms with Crippen LogP contribution < -0.4 is 5.73 Å². The average Bonchev–Trinajstić information content (AvgIpc) is 2.18. The molecule has 1 heterocycles. The summed E-state index contributed by atoms with van der Waals surface area (Å²) in [7, 11) is -1.85. The quantitative estimate of drug-likeness (QED) is 0.824. The molecule has 0 aliphatic carbocycles. The topological polar surface area (TPSA) is 76.3 Å². The van der Waals surface area contributed by atoms with Gasteiger partial charge in [0.25, 0.3) is 0 Å². The molecule has 6 heteroatoms. The van der Waals surface area contributed by atoms with Crippen LogP contribution in [0.5, 0.6) is 0 Å². The van der Waals surface area contributed by atoms with E-state index in [4.69, 9.17) is 5.73 Å². The van der Waals surface area contributed by atoms with E-state index in [1.807, 2.05) is 6.92 Å². The van der Waals surface area contributed by atoms with Crippen LogP contribution in [0.2, 0.25) is 0 Å². The summed E-state index contributed by atoms with van der Waals surface area (Å²) in [6, 6.07) is 2.94. The van der Waals surface area contributed by atoms with Crippen LogP contribution in [0.25, 0.3) is 0 Å². The van der Waals surface area contributed by atoms with E-state index in [9.17, 15) is 8.42 Å². The first-order valence-corrected chi connectivity index (χ1v) is 6.10. The lowest BCUT2D eigenvalue weighted by Crippen LogP contribution is -2.27. The number of nitrogens with zero attached hydrogens (tertiary/aromatic N) is 2. The van der Waals surface area contributed by atoms with Gasteiger partial charge in [-0.1, -0.05) is 6.92 Å². The van der Waals surface area contributed by atoms with Crippen molar-refractivity contribution in [2.24, 2.45) is 0 Å². The lowest BCUT2D eigenvalue weighted by atomic mass is 10.5. The van der Waals surface area contributed by atoms with Gasteiger partial charge in [-0.3, -0.25) is 0 Å². The monoisotopic (exact) mass is 229 g/mol. The lowest BCUT2D eigenvalue weighted by Gasteiger charge is -2.15. The van der Waals surface area contributed by atoms with Gasteiger partial charge in [-0.2, -0.15) is 0 Å². The van der Waals surface area contributed by atoms with E-state index >= 15 is 0 Å². The number of nitrogen functional groups attached to an aromatic ring is 1. The van der Waals surface area contributed by atoms with E-state index in [1.54, 1.807) is 7.05 Å². The van der Waals surface area contributed by atoms with Gasteiger partial charge in [0.2, 0.25) is 10.0 Å². The Balaban J connectivity index is 3.01. The molecule has 0 aromatic carbocycles. The Bertz CT molecular complexity index is 413. The van der Waals surface area contributed by atoms with Crippen molar-refractivity contribution in [3.05, 3.63) is 18.3 Å². The number of sulfonamides is 1. The minimum Gasteiger partial charge on any atom is -0.384 e. The minimum atomic E-state index is -3.40. The molecular weight excluding hydrogens is 214 g/mol. The van der Waals surface area contributed by atoms with Crippen LogP contribution in [-0.2, 0) is 10.0 Å². The third-order valence-electron chi connectivity index (χ3n) is 2.01. The standard InChI is InChI=1S/C9H15N3O2S/c1-3-6-12(2)15(13,14)8-4-5-9(10)11-7-8/h4-5,7H,3,6H2,1-2H3,(H2,10,11). The molecule has 0 atom stereocenters. The minimum absolute atomic E-state index is 0.174. The number of hydrogen-bond acceptors (Lipinski definition) is 4. The second-order valence-corrected chi connectivity index (χ2v) is 5.29. The van der Waals surface area contributed by atoms with Crippen molar-refractivity contribution in [1.29, 1.82) is 0 Å². The third-order valence-corrected chi connectivity index (χ3v) is 3.85. The summed E-state index contributed by atoms with van der Waals surface area (Å²) in [4.78, 5) is 3.93. The summed E-state index contributed by atoms with van der Waals surface area (Å²) in [6.45, 7) is 2.42. The molecule has 1 aromatic rings. The molecule has 0 bridgehead atoms. The Hall–Kier alpha value is -1.14. The van der Waals surface area contributed by atoms with Crippen LogP contribution in [0.3, 0.4) is 0 Å². The van der Waals surface area contributed by atoms with Crippen molar-refractivity contribution in [2.75, 3.05) is 19.3 Å². The molecule has 5 nitrogen and oxygen atoms in total. The number of pyridine rings is 1. The Morgan fingerprint density at radius 2 is 2.13 bits per heavy atom. The van der Waals surface area contributed by atoms with Crippen LogP contribution in [0, 0.1) is 0 Å². The number of anilines is 1. The molecule has 0 aliphatic rings. The summed E-state index contributed by atoms with van der Waals surface area (Å²) >= 11 is 0. The zero-order valence-electron chi connectivity index (χ0n) is 8.84. The third kappa shape index (κ3) is 2.66. The number of aromatic nitrogens is 1. The highest BCUT2D eigenvalue weighted by atomic mass is 32.2. The zero-order chi connectivity index (χ0) is 11.5. The molecule has 2 N–H and O–H groups in total. The molecule has 1 aromatic heterocycles. The number of rotatable bonds is 4. The van der Waals surface area contributed by atoms with Gasteiger partial charge >= 0.3 is 0 Å². The largest absolute Gasteiger partial charge is 0.384 e. The summed E-state index contributed by atoms with van der Waals surface area (Å²) in [6.07, 6.45) is 2.05. The van der Waals surface area contributed by atoms with Crippen LogP contribution >= 0.6 is 0 Å². The van der Waals surface area contributed by atoms with Gasteiger partial charge in [-0.15, -0.1) is 0 Å². The molecule has 0 saturated carbocycles. The van der Waals surface area contributed by atoms with Crippen LogP contribution in [-0.4, -0.2) is 31.3 Å². The number of hydrogen-bond donors (Lipinski definition) is 1. The Morgan fingerprint density at radius 1 is 1.47 bits per heavy atom. The van der Waals surface area contributed by atoms with E-state index in [2.05, 4.69) is 4.98 Å². The van der Waals surface area contributed by atoms with E-state index in [0.29, 0.717) is 12.4 Å². The van der Waals surface area contributed by atoms with Crippen molar-refractivity contribution in [3.63, 3.8) is 0 Å². The van der Waals surface area contributed by atoms with Gasteiger partial charge in [-0.25, -0.2) is 17.7 Å². The Morgan fingerprint density at radius 3 is 2.60 bits per heavy atom. The van der Waals surface area contributed by atoms with Crippen LogP contribution in [0.15, 0.2) is 23.2 Å². The highest BCUT2D eigenvalue weighted by Crippen LogP contribution is 2.13. The highest BCUT2D eigenvalue weighted by Gasteiger charge is 2.19. The molecule has 0 amide bonds. The van der Waals surface area contributed by atoms with E-state index in [1.165, 1.54) is 22.6 Å². The fourth-order valence-electron chi connectivity index (χ4n) is 1.16. The number of nitrogens with two attached hydrogens (primary N) is 1. The first kappa shape index (κ1) is 11.9. The molecule has 0 aliphatic heterocycles. The summed E-state index contributed by atoms with van der Waals surface area (Å²) in [5, 5.41) is 0. The maximum absolute atomic E-state index is 11.9. The van der Waals surface area contributed by atoms with Crippen LogP contribution in [0.4, 0.5) is 5.82 Å². The van der Waals surface area contributed by atoms with Crippen molar-refractivity contribution in [2.45, 2.75) is 18.2 Å². The van der Waals surface area contributed by atoms with Crippen molar-refractivity contribution < 1.29 is 8.42 Å². The molecular formula is C9H15N3O2S. The Kier molecular flexibility index (Phi) is 3.65. The Labute approximate surface area is 90.0 Å². The van der Waals surface area contributed by atoms with Gasteiger partial charge in [0.1, 0.15) is 10.7 Å². The molecule has 0 saturated heterocycles. The smallest absolute Gasteiger partial charge is 0.244 e. The van der Waals surface area contributed by atoms with Crippen molar-refractivity contribution >= 4 is 15.8 Å². The highest BCUT2D eigenvalue weighted by molar-refractivity contribution is 7.89. The molecule has 84 valence electrons. The summed E-state index contributed by atoms with van der Waals surface area (Å²) in [5.74, 6) is 0.312. The van der Waals surface area contributed by atoms with Gasteiger partial charge in [-0.05, 0) is 18.6 Å². The van der Waals surface area contributed by atoms with E-state index in [-0.39, 0.29) is 4.90 Å². The zero-order valence-corrected chi connectivity index (χ0v) is 9.66. The molecule has 0 radical (unpaired) electrons. The molecule has 15 heavy (non-hydrogen) atoms. The van der Waals surface area contributed by atoms with Gasteiger partial charge in [0.15, 0.2) is 0 Å². The van der Waals surface area contributed by atoms with E-state index in [0.717, 1.165) is 6.42 Å². The van der Waals surface area contributed by atoms with Crippen molar-refractivity contribution in [1.82, 2.24) is 9.29 Å². The summed E-state index contributed by atoms with van der Waals surface area (Å²) in [5.41, 5.74) is 5.39. The first-order valence-electron chi connectivity index (χ1n) is 4.66. The SMILES string of the molecule is CCCN(C)S(=O)(=O)c1ccc(N)nc1. The second-order valence-electron chi connectivity index (χ2n) is 3.25. The first-order chi connectivity index (χ1) is 6.98. The fourth-order valence-corrected chi connectivity index (χ4v) is 2.37. The maximum Gasteiger partial charge on any atom is 0.244 e. The second kappa shape index (κ2) is 4.59. The maximum atomic E-state index is 11.9. The van der Waals surface area contributed by atoms with Gasteiger partial charge in [0, 0.05) is 19.8 Å². The summed E-state index contributed by atoms with van der Waals surface area (Å²) < 4.78 is 25.1. The van der Waals surface area contributed by atoms with Crippen LogP contribution in [0.1, 0.15) is 13.3 Å².